The van der Waals surface area contributed by atoms with Crippen molar-refractivity contribution in [2.24, 2.45) is 5.92 Å². The molecule has 2 aromatic rings. The van der Waals surface area contributed by atoms with E-state index in [2.05, 4.69) is 28.7 Å². The molecule has 1 N–H and O–H groups in total. The number of hydrogen-bond donors (Lipinski definition) is 1. The van der Waals surface area contributed by atoms with Gasteiger partial charge in [-0.2, -0.15) is 0 Å². The number of carbonyl (C=O) groups excluding carboxylic acids is 1. The van der Waals surface area contributed by atoms with Crippen LogP contribution in [0, 0.1) is 12.8 Å². The Balaban J connectivity index is 1.63. The van der Waals surface area contributed by atoms with Gasteiger partial charge in [0.2, 0.25) is 0 Å². The van der Waals surface area contributed by atoms with Crippen molar-refractivity contribution in [3.05, 3.63) is 42.0 Å². The monoisotopic (exact) mass is 384 g/mol. The average molecular weight is 385 g/mol. The van der Waals surface area contributed by atoms with Crippen LogP contribution in [0.2, 0.25) is 0 Å². The van der Waals surface area contributed by atoms with Crippen molar-refractivity contribution in [2.75, 3.05) is 25.0 Å². The minimum Gasteiger partial charge on any atom is -0.492 e. The van der Waals surface area contributed by atoms with E-state index < -0.39 is 0 Å². The minimum absolute atomic E-state index is 0.0510. The molecule has 1 aliphatic rings. The predicted octanol–water partition coefficient (Wildman–Crippen LogP) is 4.49. The van der Waals surface area contributed by atoms with Crippen molar-refractivity contribution in [3.8, 4) is 5.75 Å². The van der Waals surface area contributed by atoms with Gasteiger partial charge in [-0.15, -0.1) is 0 Å². The topological polar surface area (TPSA) is 59.4 Å². The van der Waals surface area contributed by atoms with Crippen molar-refractivity contribution in [2.45, 2.75) is 53.0 Å². The van der Waals surface area contributed by atoms with E-state index in [1.54, 1.807) is 0 Å². The number of aryl methyl sites for hydroxylation is 1. The van der Waals surface area contributed by atoms with Gasteiger partial charge < -0.3 is 19.5 Å². The first-order valence-corrected chi connectivity index (χ1v) is 10.4. The highest BCUT2D eigenvalue weighted by Crippen LogP contribution is 2.26. The molecule has 0 radical (unpaired) electrons. The molecule has 6 nitrogen and oxygen atoms in total. The van der Waals surface area contributed by atoms with Crippen LogP contribution >= 0.6 is 0 Å². The summed E-state index contributed by atoms with van der Waals surface area (Å²) in [5.74, 6) is 2.30. The number of hydrogen-bond acceptors (Lipinski definition) is 3. The highest BCUT2D eigenvalue weighted by molar-refractivity contribution is 5.91. The maximum absolute atomic E-state index is 12.8. The Kier molecular flexibility index (Phi) is 6.95. The van der Waals surface area contributed by atoms with Crippen LogP contribution in [0.1, 0.15) is 44.6 Å². The Morgan fingerprint density at radius 3 is 2.93 bits per heavy atom. The summed E-state index contributed by atoms with van der Waals surface area (Å²) in [5, 5.41) is 3.03. The number of piperidine rings is 1. The first-order valence-electron chi connectivity index (χ1n) is 10.4. The van der Waals surface area contributed by atoms with Gasteiger partial charge in [-0.25, -0.2) is 9.78 Å². The molecule has 1 aliphatic heterocycles. The summed E-state index contributed by atoms with van der Waals surface area (Å²) in [6.45, 7) is 9.38. The van der Waals surface area contributed by atoms with Gasteiger partial charge in [-0.1, -0.05) is 19.1 Å². The fourth-order valence-electron chi connectivity index (χ4n) is 3.92. The van der Waals surface area contributed by atoms with Crippen LogP contribution < -0.4 is 10.1 Å². The summed E-state index contributed by atoms with van der Waals surface area (Å²) in [5.41, 5.74) is 1.94. The standard InChI is InChI=1S/C22H32N4O2/c1-4-12-26-17(3)15-23-21(26)14-18-9-8-13-25(16-18)22(27)24-19-10-6-7-11-20(19)28-5-2/h6-7,10-11,15,18H,4-5,8-9,12-14,16H2,1-3H3,(H,24,27). The lowest BCUT2D eigenvalue weighted by Crippen LogP contribution is -2.43. The molecule has 0 bridgehead atoms. The summed E-state index contributed by atoms with van der Waals surface area (Å²) >= 11 is 0. The molecule has 2 amide bonds. The maximum atomic E-state index is 12.8. The number of likely N-dealkylation sites (tertiary alicyclic amines) is 1. The van der Waals surface area contributed by atoms with Crippen LogP contribution in [0.25, 0.3) is 0 Å². The fourth-order valence-corrected chi connectivity index (χ4v) is 3.92. The normalized spacial score (nSPS) is 16.8. The number of nitrogens with one attached hydrogen (secondary N) is 1. The van der Waals surface area contributed by atoms with Crippen molar-refractivity contribution in [1.82, 2.24) is 14.5 Å². The van der Waals surface area contributed by atoms with E-state index in [0.717, 1.165) is 56.8 Å². The second kappa shape index (κ2) is 9.62. The van der Waals surface area contributed by atoms with Gasteiger partial charge in [0.1, 0.15) is 11.6 Å². The Morgan fingerprint density at radius 1 is 1.32 bits per heavy atom. The summed E-state index contributed by atoms with van der Waals surface area (Å²) in [6.07, 6.45) is 6.15. The van der Waals surface area contributed by atoms with Crippen LogP contribution in [0.3, 0.4) is 0 Å². The molecular formula is C22H32N4O2. The number of imidazole rings is 1. The molecule has 28 heavy (non-hydrogen) atoms. The molecule has 152 valence electrons. The first-order chi connectivity index (χ1) is 13.6. The number of anilines is 1. The van der Waals surface area contributed by atoms with Crippen molar-refractivity contribution in [1.29, 1.82) is 0 Å². The number of benzene rings is 1. The number of nitrogens with zero attached hydrogens (tertiary/aromatic N) is 3. The summed E-state index contributed by atoms with van der Waals surface area (Å²) in [7, 11) is 0. The number of para-hydroxylation sites is 2. The minimum atomic E-state index is -0.0510. The highest BCUT2D eigenvalue weighted by atomic mass is 16.5. The van der Waals surface area contributed by atoms with Crippen LogP contribution in [-0.2, 0) is 13.0 Å². The van der Waals surface area contributed by atoms with E-state index in [4.69, 9.17) is 4.74 Å². The van der Waals surface area contributed by atoms with Gasteiger partial charge in [0.15, 0.2) is 0 Å². The molecule has 1 unspecified atom stereocenters. The zero-order valence-electron chi connectivity index (χ0n) is 17.3. The molecule has 1 aromatic heterocycles. The highest BCUT2D eigenvalue weighted by Gasteiger charge is 2.25. The maximum Gasteiger partial charge on any atom is 0.321 e. The smallest absolute Gasteiger partial charge is 0.321 e. The van der Waals surface area contributed by atoms with Crippen LogP contribution in [0.5, 0.6) is 5.75 Å². The molecule has 2 heterocycles. The number of urea groups is 1. The second-order valence-electron chi connectivity index (χ2n) is 7.49. The lowest BCUT2D eigenvalue weighted by Gasteiger charge is -2.33. The third kappa shape index (κ3) is 4.86. The molecule has 1 fully saturated rings. The van der Waals surface area contributed by atoms with E-state index in [0.29, 0.717) is 18.3 Å². The lowest BCUT2D eigenvalue weighted by molar-refractivity contribution is 0.176. The largest absolute Gasteiger partial charge is 0.492 e. The molecule has 3 rings (SSSR count). The van der Waals surface area contributed by atoms with Gasteiger partial charge in [0.05, 0.1) is 12.3 Å². The molecule has 6 heteroatoms. The van der Waals surface area contributed by atoms with Gasteiger partial charge in [-0.3, -0.25) is 0 Å². The van der Waals surface area contributed by atoms with Crippen molar-refractivity contribution < 1.29 is 9.53 Å². The lowest BCUT2D eigenvalue weighted by atomic mass is 9.94. The van der Waals surface area contributed by atoms with Gasteiger partial charge in [0.25, 0.3) is 0 Å². The van der Waals surface area contributed by atoms with E-state index in [-0.39, 0.29) is 6.03 Å². The first kappa shape index (κ1) is 20.2. The zero-order valence-corrected chi connectivity index (χ0v) is 17.3. The van der Waals surface area contributed by atoms with Crippen LogP contribution in [-0.4, -0.2) is 40.2 Å². The number of carbonyl (C=O) groups is 1. The fraction of sp³-hybridized carbons (Fsp3) is 0.545. The van der Waals surface area contributed by atoms with Crippen LogP contribution in [0.15, 0.2) is 30.5 Å². The summed E-state index contributed by atoms with van der Waals surface area (Å²) in [4.78, 5) is 19.4. The Bertz CT molecular complexity index is 787. The summed E-state index contributed by atoms with van der Waals surface area (Å²) < 4.78 is 7.94. The number of aromatic nitrogens is 2. The predicted molar refractivity (Wildman–Crippen MR) is 112 cm³/mol. The van der Waals surface area contributed by atoms with Crippen LogP contribution in [0.4, 0.5) is 10.5 Å². The van der Waals surface area contributed by atoms with Gasteiger partial charge >= 0.3 is 6.03 Å². The molecule has 0 aliphatic carbocycles. The van der Waals surface area contributed by atoms with E-state index in [1.807, 2.05) is 42.3 Å². The third-order valence-electron chi connectivity index (χ3n) is 5.29. The Hall–Kier alpha value is -2.50. The molecule has 0 saturated carbocycles. The van der Waals surface area contributed by atoms with Crippen molar-refractivity contribution >= 4 is 11.7 Å². The summed E-state index contributed by atoms with van der Waals surface area (Å²) in [6, 6.07) is 7.54. The van der Waals surface area contributed by atoms with Gasteiger partial charge in [-0.05, 0) is 51.2 Å². The van der Waals surface area contributed by atoms with E-state index in [1.165, 1.54) is 5.69 Å². The van der Waals surface area contributed by atoms with Crippen molar-refractivity contribution in [3.63, 3.8) is 0 Å². The molecule has 1 saturated heterocycles. The molecule has 1 atom stereocenters. The zero-order chi connectivity index (χ0) is 19.9. The Morgan fingerprint density at radius 2 is 2.14 bits per heavy atom. The number of rotatable bonds is 7. The van der Waals surface area contributed by atoms with E-state index in [9.17, 15) is 4.79 Å². The molecule has 1 aromatic carbocycles. The second-order valence-corrected chi connectivity index (χ2v) is 7.49. The average Bonchev–Trinajstić information content (AvgIpc) is 3.04. The quantitative estimate of drug-likeness (QED) is 0.765. The molecular weight excluding hydrogens is 352 g/mol. The number of ether oxygens (including phenoxy) is 1. The third-order valence-corrected chi connectivity index (χ3v) is 5.29. The van der Waals surface area contributed by atoms with Gasteiger partial charge in [0, 0.05) is 37.9 Å². The molecule has 0 spiro atoms. The number of amides is 2. The Labute approximate surface area is 167 Å². The van der Waals surface area contributed by atoms with E-state index >= 15 is 0 Å². The SMILES string of the molecule is CCCn1c(C)cnc1CC1CCCN(C(=O)Nc2ccccc2OCC)C1.